The van der Waals surface area contributed by atoms with Crippen molar-refractivity contribution in [2.24, 2.45) is 5.92 Å². The molecule has 6 nitrogen and oxygen atoms in total. The van der Waals surface area contributed by atoms with E-state index in [1.54, 1.807) is 0 Å². The molecule has 3 rings (SSSR count). The first-order valence-electron chi connectivity index (χ1n) is 7.93. The highest BCUT2D eigenvalue weighted by Gasteiger charge is 2.29. The Balaban J connectivity index is 1.56. The van der Waals surface area contributed by atoms with E-state index in [1.165, 1.54) is 30.7 Å². The van der Waals surface area contributed by atoms with Gasteiger partial charge in [-0.05, 0) is 18.9 Å². The minimum Gasteiger partial charge on any atom is -0.302 e. The molecule has 0 radical (unpaired) electrons. The summed E-state index contributed by atoms with van der Waals surface area (Å²) in [7, 11) is 0. The summed E-state index contributed by atoms with van der Waals surface area (Å²) in [5, 5.41) is 3.35. The van der Waals surface area contributed by atoms with Crippen LogP contribution in [0.25, 0.3) is 0 Å². The lowest BCUT2D eigenvalue weighted by molar-refractivity contribution is -0.114. The van der Waals surface area contributed by atoms with Gasteiger partial charge in [-0.3, -0.25) is 9.69 Å². The first-order valence-corrected chi connectivity index (χ1v) is 8.75. The third kappa shape index (κ3) is 4.12. The maximum absolute atomic E-state index is 12.9. The fourth-order valence-electron chi connectivity index (χ4n) is 2.99. The van der Waals surface area contributed by atoms with Crippen molar-refractivity contribution < 1.29 is 9.18 Å². The first-order chi connectivity index (χ1) is 11.5. The van der Waals surface area contributed by atoms with Crippen LogP contribution >= 0.6 is 11.3 Å². The van der Waals surface area contributed by atoms with Crippen LogP contribution in [0, 0.1) is 11.7 Å². The van der Waals surface area contributed by atoms with Crippen molar-refractivity contribution in [2.75, 3.05) is 18.4 Å². The lowest BCUT2D eigenvalue weighted by Crippen LogP contribution is -2.21. The maximum atomic E-state index is 12.9. The molecule has 0 bridgehead atoms. The Bertz CT molecular complexity index is 705. The van der Waals surface area contributed by atoms with Gasteiger partial charge >= 0.3 is 0 Å². The standard InChI is InChI=1S/C16H20FN5OS/c1-10(15-18-5-13(17)6-19-15)12-3-4-22(8-12)9-14-7-20-16(24-14)21-11(2)23/h5-7,10,12H,3-4,8-9H2,1-2H3,(H,20,21,23). The van der Waals surface area contributed by atoms with Gasteiger partial charge < -0.3 is 5.32 Å². The van der Waals surface area contributed by atoms with Gasteiger partial charge in [-0.2, -0.15) is 0 Å². The minimum absolute atomic E-state index is 0.106. The van der Waals surface area contributed by atoms with Gasteiger partial charge in [0.1, 0.15) is 5.82 Å². The number of nitrogens with zero attached hydrogens (tertiary/aromatic N) is 4. The molecule has 3 heterocycles. The number of nitrogens with one attached hydrogen (secondary N) is 1. The Labute approximate surface area is 144 Å². The lowest BCUT2D eigenvalue weighted by Gasteiger charge is -2.19. The molecule has 0 aromatic carbocycles. The number of likely N-dealkylation sites (tertiary alicyclic amines) is 1. The van der Waals surface area contributed by atoms with Gasteiger partial charge in [-0.1, -0.05) is 6.92 Å². The summed E-state index contributed by atoms with van der Waals surface area (Å²) in [4.78, 5) is 27.0. The Kier molecular flexibility index (Phi) is 5.15. The summed E-state index contributed by atoms with van der Waals surface area (Å²) in [6.45, 7) is 6.36. The predicted octanol–water partition coefficient (Wildman–Crippen LogP) is 2.66. The van der Waals surface area contributed by atoms with E-state index in [9.17, 15) is 9.18 Å². The van der Waals surface area contributed by atoms with Crippen molar-refractivity contribution in [2.45, 2.75) is 32.7 Å². The largest absolute Gasteiger partial charge is 0.302 e. The second kappa shape index (κ2) is 7.31. The van der Waals surface area contributed by atoms with Crippen molar-refractivity contribution >= 4 is 22.4 Å². The number of thiazole rings is 1. The fraction of sp³-hybridized carbons (Fsp3) is 0.500. The number of carbonyl (C=O) groups is 1. The fourth-order valence-corrected chi connectivity index (χ4v) is 3.89. The topological polar surface area (TPSA) is 71.0 Å². The molecule has 2 atom stereocenters. The number of hydrogen-bond acceptors (Lipinski definition) is 6. The van der Waals surface area contributed by atoms with E-state index in [0.29, 0.717) is 16.9 Å². The number of rotatable bonds is 5. The van der Waals surface area contributed by atoms with E-state index in [2.05, 4.69) is 32.1 Å². The van der Waals surface area contributed by atoms with Crippen LogP contribution in [0.4, 0.5) is 9.52 Å². The number of amides is 1. The highest BCUT2D eigenvalue weighted by Crippen LogP contribution is 2.31. The van der Waals surface area contributed by atoms with Gasteiger partial charge in [0.05, 0.1) is 12.4 Å². The number of anilines is 1. The van der Waals surface area contributed by atoms with Crippen LogP contribution in [0.1, 0.15) is 36.9 Å². The zero-order valence-electron chi connectivity index (χ0n) is 13.7. The van der Waals surface area contributed by atoms with E-state index in [-0.39, 0.29) is 11.8 Å². The number of hydrogen-bond donors (Lipinski definition) is 1. The molecular formula is C16H20FN5OS. The Morgan fingerprint density at radius 2 is 2.17 bits per heavy atom. The summed E-state index contributed by atoms with van der Waals surface area (Å²) < 4.78 is 12.9. The van der Waals surface area contributed by atoms with Crippen molar-refractivity contribution in [3.05, 3.63) is 35.1 Å². The van der Waals surface area contributed by atoms with E-state index < -0.39 is 5.82 Å². The summed E-state index contributed by atoms with van der Waals surface area (Å²) in [6.07, 6.45) is 5.34. The third-order valence-electron chi connectivity index (χ3n) is 4.28. The maximum Gasteiger partial charge on any atom is 0.223 e. The molecule has 1 N–H and O–H groups in total. The smallest absolute Gasteiger partial charge is 0.223 e. The summed E-state index contributed by atoms with van der Waals surface area (Å²) >= 11 is 1.50. The number of halogens is 1. The van der Waals surface area contributed by atoms with Crippen molar-refractivity contribution in [3.8, 4) is 0 Å². The number of carbonyl (C=O) groups excluding carboxylic acids is 1. The molecule has 1 amide bonds. The highest BCUT2D eigenvalue weighted by atomic mass is 32.1. The molecule has 0 spiro atoms. The Morgan fingerprint density at radius 3 is 2.88 bits per heavy atom. The predicted molar refractivity (Wildman–Crippen MR) is 90.2 cm³/mol. The van der Waals surface area contributed by atoms with Crippen molar-refractivity contribution in [1.29, 1.82) is 0 Å². The van der Waals surface area contributed by atoms with Crippen LogP contribution in [0.5, 0.6) is 0 Å². The Morgan fingerprint density at radius 1 is 1.42 bits per heavy atom. The van der Waals surface area contributed by atoms with Crippen LogP contribution in [0.2, 0.25) is 0 Å². The molecule has 1 fully saturated rings. The molecular weight excluding hydrogens is 329 g/mol. The van der Waals surface area contributed by atoms with Gasteiger partial charge in [-0.15, -0.1) is 11.3 Å². The van der Waals surface area contributed by atoms with Crippen LogP contribution < -0.4 is 5.32 Å². The van der Waals surface area contributed by atoms with Crippen LogP contribution in [0.3, 0.4) is 0 Å². The zero-order valence-corrected chi connectivity index (χ0v) is 14.5. The van der Waals surface area contributed by atoms with E-state index >= 15 is 0 Å². The summed E-state index contributed by atoms with van der Waals surface area (Å²) in [6, 6.07) is 0. The molecule has 128 valence electrons. The Hall–Kier alpha value is -1.93. The molecule has 1 aliphatic heterocycles. The van der Waals surface area contributed by atoms with E-state index in [1.807, 2.05) is 6.20 Å². The van der Waals surface area contributed by atoms with Gasteiger partial charge in [0, 0.05) is 37.0 Å². The van der Waals surface area contributed by atoms with Gasteiger partial charge in [0.2, 0.25) is 5.91 Å². The molecule has 2 unspecified atom stereocenters. The van der Waals surface area contributed by atoms with Gasteiger partial charge in [0.15, 0.2) is 10.9 Å². The second-order valence-electron chi connectivity index (χ2n) is 6.14. The van der Waals surface area contributed by atoms with Gasteiger partial charge in [-0.25, -0.2) is 19.3 Å². The molecule has 0 aliphatic carbocycles. The first kappa shape index (κ1) is 16.9. The molecule has 1 saturated heterocycles. The van der Waals surface area contributed by atoms with Gasteiger partial charge in [0.25, 0.3) is 0 Å². The molecule has 2 aromatic heterocycles. The quantitative estimate of drug-likeness (QED) is 0.898. The molecule has 8 heteroatoms. The highest BCUT2D eigenvalue weighted by molar-refractivity contribution is 7.15. The second-order valence-corrected chi connectivity index (χ2v) is 7.26. The van der Waals surface area contributed by atoms with Crippen molar-refractivity contribution in [1.82, 2.24) is 19.9 Å². The third-order valence-corrected chi connectivity index (χ3v) is 5.18. The zero-order chi connectivity index (χ0) is 17.1. The van der Waals surface area contributed by atoms with Crippen LogP contribution in [-0.2, 0) is 11.3 Å². The number of aromatic nitrogens is 3. The summed E-state index contributed by atoms with van der Waals surface area (Å²) in [5.41, 5.74) is 0. The lowest BCUT2D eigenvalue weighted by atomic mass is 9.92. The summed E-state index contributed by atoms with van der Waals surface area (Å²) in [5.74, 6) is 0.851. The molecule has 24 heavy (non-hydrogen) atoms. The van der Waals surface area contributed by atoms with Crippen molar-refractivity contribution in [3.63, 3.8) is 0 Å². The van der Waals surface area contributed by atoms with E-state index in [0.717, 1.165) is 30.9 Å². The minimum atomic E-state index is -0.404. The SMILES string of the molecule is CC(=O)Nc1ncc(CN2CCC(C(C)c3ncc(F)cn3)C2)s1. The monoisotopic (exact) mass is 349 g/mol. The average Bonchev–Trinajstić information content (AvgIpc) is 3.17. The van der Waals surface area contributed by atoms with E-state index in [4.69, 9.17) is 0 Å². The van der Waals surface area contributed by atoms with Crippen LogP contribution in [0.15, 0.2) is 18.6 Å². The average molecular weight is 349 g/mol. The molecule has 0 saturated carbocycles. The molecule has 1 aliphatic rings. The normalized spacial score (nSPS) is 19.4. The molecule has 2 aromatic rings. The van der Waals surface area contributed by atoms with Crippen LogP contribution in [-0.4, -0.2) is 38.8 Å².